The lowest BCUT2D eigenvalue weighted by Gasteiger charge is -2.09. The predicted molar refractivity (Wildman–Crippen MR) is 94.0 cm³/mol. The van der Waals surface area contributed by atoms with Crippen LogP contribution in [0.3, 0.4) is 0 Å². The van der Waals surface area contributed by atoms with Crippen LogP contribution in [0, 0.1) is 0 Å². The minimum Gasteiger partial charge on any atom is -0.435 e. The fourth-order valence-electron chi connectivity index (χ4n) is 2.35. The predicted octanol–water partition coefficient (Wildman–Crippen LogP) is 2.66. The van der Waals surface area contributed by atoms with Gasteiger partial charge in [0, 0.05) is 18.2 Å². The summed E-state index contributed by atoms with van der Waals surface area (Å²) < 4.78 is 55.2. The number of alkyl halides is 2. The first-order valence-corrected chi connectivity index (χ1v) is 9.76. The first-order valence-electron chi connectivity index (χ1n) is 8.28. The summed E-state index contributed by atoms with van der Waals surface area (Å²) in [6, 6.07) is 11.6. The number of amides is 1. The number of benzene rings is 2. The van der Waals surface area contributed by atoms with Crippen LogP contribution in [0.1, 0.15) is 28.8 Å². The third kappa shape index (κ3) is 5.48. The van der Waals surface area contributed by atoms with Crippen LogP contribution < -0.4 is 14.8 Å². The molecular weight excluding hydrogens is 378 g/mol. The van der Waals surface area contributed by atoms with Crippen LogP contribution in [-0.2, 0) is 16.6 Å². The standard InChI is InChI=1S/C18H18F2N2O4S/c19-18(20)26-15-7-1-12(2-8-15)11-21-17(23)13-3-9-16(10-4-13)27(24,25)22-14-5-6-14/h1-4,7-10,14,18,22H,5-6,11H2,(H,21,23). The van der Waals surface area contributed by atoms with Crippen molar-refractivity contribution in [2.75, 3.05) is 0 Å². The molecule has 1 aliphatic rings. The molecule has 0 aliphatic heterocycles. The van der Waals surface area contributed by atoms with E-state index >= 15 is 0 Å². The molecule has 2 aromatic carbocycles. The molecule has 0 bridgehead atoms. The number of rotatable bonds is 8. The monoisotopic (exact) mass is 396 g/mol. The lowest BCUT2D eigenvalue weighted by molar-refractivity contribution is -0.0498. The van der Waals surface area contributed by atoms with Gasteiger partial charge in [0.1, 0.15) is 5.75 Å². The van der Waals surface area contributed by atoms with E-state index in [0.717, 1.165) is 12.8 Å². The molecule has 0 spiro atoms. The summed E-state index contributed by atoms with van der Waals surface area (Å²) >= 11 is 0. The maximum atomic E-state index is 12.2. The quantitative estimate of drug-likeness (QED) is 0.719. The molecule has 144 valence electrons. The molecule has 27 heavy (non-hydrogen) atoms. The number of halogens is 2. The number of sulfonamides is 1. The van der Waals surface area contributed by atoms with E-state index in [4.69, 9.17) is 0 Å². The third-order valence-corrected chi connectivity index (χ3v) is 5.46. The Kier molecular flexibility index (Phi) is 5.71. The molecule has 0 aromatic heterocycles. The zero-order chi connectivity index (χ0) is 19.4. The average Bonchev–Trinajstić information content (AvgIpc) is 3.44. The Morgan fingerprint density at radius 1 is 1.07 bits per heavy atom. The van der Waals surface area contributed by atoms with Crippen molar-refractivity contribution in [1.82, 2.24) is 10.0 Å². The lowest BCUT2D eigenvalue weighted by atomic mass is 10.2. The van der Waals surface area contributed by atoms with Crippen molar-refractivity contribution in [2.24, 2.45) is 0 Å². The van der Waals surface area contributed by atoms with Crippen LogP contribution >= 0.6 is 0 Å². The highest BCUT2D eigenvalue weighted by Crippen LogP contribution is 2.22. The van der Waals surface area contributed by atoms with Gasteiger partial charge in [0.15, 0.2) is 0 Å². The highest BCUT2D eigenvalue weighted by molar-refractivity contribution is 7.89. The first kappa shape index (κ1) is 19.2. The molecule has 2 aromatic rings. The fraction of sp³-hybridized carbons (Fsp3) is 0.278. The van der Waals surface area contributed by atoms with Crippen LogP contribution in [-0.4, -0.2) is 27.0 Å². The molecule has 2 N–H and O–H groups in total. The van der Waals surface area contributed by atoms with E-state index in [0.29, 0.717) is 11.1 Å². The number of hydrogen-bond acceptors (Lipinski definition) is 4. The van der Waals surface area contributed by atoms with Crippen LogP contribution in [0.5, 0.6) is 5.75 Å². The van der Waals surface area contributed by atoms with Crippen LogP contribution in [0.2, 0.25) is 0 Å². The topological polar surface area (TPSA) is 84.5 Å². The van der Waals surface area contributed by atoms with Crippen LogP contribution in [0.15, 0.2) is 53.4 Å². The number of hydrogen-bond donors (Lipinski definition) is 2. The van der Waals surface area contributed by atoms with Crippen molar-refractivity contribution < 1.29 is 26.7 Å². The molecule has 0 unspecified atom stereocenters. The van der Waals surface area contributed by atoms with Crippen molar-refractivity contribution in [3.05, 3.63) is 59.7 Å². The van der Waals surface area contributed by atoms with Gasteiger partial charge in [-0.25, -0.2) is 13.1 Å². The molecule has 1 saturated carbocycles. The van der Waals surface area contributed by atoms with Gasteiger partial charge in [0.25, 0.3) is 5.91 Å². The Labute approximate surface area is 155 Å². The van der Waals surface area contributed by atoms with E-state index < -0.39 is 16.6 Å². The average molecular weight is 396 g/mol. The van der Waals surface area contributed by atoms with E-state index in [1.165, 1.54) is 36.4 Å². The summed E-state index contributed by atoms with van der Waals surface area (Å²) in [5.74, 6) is -0.335. The largest absolute Gasteiger partial charge is 0.435 e. The SMILES string of the molecule is O=C(NCc1ccc(OC(F)F)cc1)c1ccc(S(=O)(=O)NC2CC2)cc1. The molecule has 1 amide bonds. The van der Waals surface area contributed by atoms with E-state index in [1.54, 1.807) is 12.1 Å². The Bertz CT molecular complexity index is 896. The Morgan fingerprint density at radius 3 is 2.26 bits per heavy atom. The van der Waals surface area contributed by atoms with Gasteiger partial charge in [-0.3, -0.25) is 4.79 Å². The second kappa shape index (κ2) is 8.01. The molecular formula is C18H18F2N2O4S. The van der Waals surface area contributed by atoms with Crippen LogP contribution in [0.25, 0.3) is 0 Å². The summed E-state index contributed by atoms with van der Waals surface area (Å²) in [6.45, 7) is -2.70. The minimum atomic E-state index is -3.55. The maximum absolute atomic E-state index is 12.2. The van der Waals surface area contributed by atoms with E-state index in [9.17, 15) is 22.0 Å². The first-order chi connectivity index (χ1) is 12.8. The highest BCUT2D eigenvalue weighted by atomic mass is 32.2. The van der Waals surface area contributed by atoms with Crippen molar-refractivity contribution in [1.29, 1.82) is 0 Å². The highest BCUT2D eigenvalue weighted by Gasteiger charge is 2.27. The molecule has 0 radical (unpaired) electrons. The fourth-order valence-corrected chi connectivity index (χ4v) is 3.65. The second-order valence-corrected chi connectivity index (χ2v) is 7.84. The van der Waals surface area contributed by atoms with Crippen molar-refractivity contribution >= 4 is 15.9 Å². The summed E-state index contributed by atoms with van der Waals surface area (Å²) in [5, 5.41) is 2.68. The van der Waals surface area contributed by atoms with E-state index in [1.807, 2.05) is 0 Å². The smallest absolute Gasteiger partial charge is 0.387 e. The normalized spacial score (nSPS) is 14.2. The Morgan fingerprint density at radius 2 is 1.70 bits per heavy atom. The Balaban J connectivity index is 1.56. The van der Waals surface area contributed by atoms with E-state index in [2.05, 4.69) is 14.8 Å². The maximum Gasteiger partial charge on any atom is 0.387 e. The van der Waals surface area contributed by atoms with Gasteiger partial charge in [-0.15, -0.1) is 0 Å². The molecule has 1 aliphatic carbocycles. The molecule has 0 saturated heterocycles. The number of nitrogens with one attached hydrogen (secondary N) is 2. The molecule has 0 atom stereocenters. The molecule has 0 heterocycles. The van der Waals surface area contributed by atoms with Crippen molar-refractivity contribution in [3.63, 3.8) is 0 Å². The van der Waals surface area contributed by atoms with E-state index in [-0.39, 0.29) is 29.1 Å². The summed E-state index contributed by atoms with van der Waals surface area (Å²) in [4.78, 5) is 12.3. The Hall–Kier alpha value is -2.52. The van der Waals surface area contributed by atoms with Gasteiger partial charge in [-0.05, 0) is 54.8 Å². The molecule has 3 rings (SSSR count). The summed E-state index contributed by atoms with van der Waals surface area (Å²) in [7, 11) is -3.55. The molecule has 9 heteroatoms. The minimum absolute atomic E-state index is 0.00968. The zero-order valence-corrected chi connectivity index (χ0v) is 15.0. The van der Waals surface area contributed by atoms with Gasteiger partial charge in [0.2, 0.25) is 10.0 Å². The van der Waals surface area contributed by atoms with Crippen molar-refractivity contribution in [3.8, 4) is 5.75 Å². The van der Waals surface area contributed by atoms with Crippen molar-refractivity contribution in [2.45, 2.75) is 36.9 Å². The molecule has 6 nitrogen and oxygen atoms in total. The zero-order valence-electron chi connectivity index (χ0n) is 14.2. The number of carbonyl (C=O) groups is 1. The van der Waals surface area contributed by atoms with Gasteiger partial charge in [0.05, 0.1) is 4.90 Å². The molecule has 1 fully saturated rings. The number of ether oxygens (including phenoxy) is 1. The van der Waals surface area contributed by atoms with Gasteiger partial charge < -0.3 is 10.1 Å². The summed E-state index contributed by atoms with van der Waals surface area (Å²) in [6.07, 6.45) is 1.68. The second-order valence-electron chi connectivity index (χ2n) is 6.13. The van der Waals surface area contributed by atoms with Gasteiger partial charge >= 0.3 is 6.61 Å². The third-order valence-electron chi connectivity index (χ3n) is 3.93. The van der Waals surface area contributed by atoms with Crippen LogP contribution in [0.4, 0.5) is 8.78 Å². The van der Waals surface area contributed by atoms with Gasteiger partial charge in [-0.1, -0.05) is 12.1 Å². The number of carbonyl (C=O) groups excluding carboxylic acids is 1. The lowest BCUT2D eigenvalue weighted by Crippen LogP contribution is -2.26. The summed E-state index contributed by atoms with van der Waals surface area (Å²) in [5.41, 5.74) is 1.02. The van der Waals surface area contributed by atoms with Gasteiger partial charge in [-0.2, -0.15) is 8.78 Å².